The largest absolute Gasteiger partial charge is 0.397 e. The first-order valence-corrected chi connectivity index (χ1v) is 2.56. The van der Waals surface area contributed by atoms with Gasteiger partial charge in [-0.15, -0.1) is 0 Å². The van der Waals surface area contributed by atoms with Crippen molar-refractivity contribution in [2.45, 2.75) is 20.8 Å². The third-order valence-electron chi connectivity index (χ3n) is 0. The molecule has 0 spiro atoms. The van der Waals surface area contributed by atoms with Gasteiger partial charge in [0, 0.05) is 6.61 Å². The maximum Gasteiger partial charge on any atom is 0.126 e. The predicted octanol–water partition coefficient (Wildman–Crippen LogP) is -0.587. The van der Waals surface area contributed by atoms with Gasteiger partial charge in [0.05, 0.1) is 0 Å². The topological polar surface area (TPSA) is 89.3 Å². The highest BCUT2D eigenvalue weighted by atomic mass is 16.2. The number of nitrogens with two attached hydrogens (primary N) is 2. The summed E-state index contributed by atoms with van der Waals surface area (Å²) < 4.78 is 0. The van der Waals surface area contributed by atoms with E-state index in [-0.39, 0.29) is 12.4 Å². The number of hydrogen-bond donors (Lipinski definition) is 3. The van der Waals surface area contributed by atoms with Gasteiger partial charge in [0.1, 0.15) is 5.78 Å². The number of ketones is 1. The van der Waals surface area contributed by atoms with Crippen molar-refractivity contribution < 1.29 is 9.90 Å². The molecule has 0 aromatic heterocycles. The Kier molecular flexibility index (Phi) is 45.2. The van der Waals surface area contributed by atoms with Crippen LogP contribution in [-0.2, 0) is 4.79 Å². The number of carbonyl (C=O) groups excluding carboxylic acids is 1. The highest BCUT2D eigenvalue weighted by molar-refractivity contribution is 5.72. The third-order valence-corrected chi connectivity index (χ3v) is 0. The first kappa shape index (κ1) is 15.8. The van der Waals surface area contributed by atoms with Crippen molar-refractivity contribution in [1.82, 2.24) is 0 Å². The molecule has 0 atom stereocenters. The summed E-state index contributed by atoms with van der Waals surface area (Å²) in [5.74, 6) is 8.17. The van der Waals surface area contributed by atoms with Gasteiger partial charge in [0.25, 0.3) is 0 Å². The zero-order valence-corrected chi connectivity index (χ0v) is 6.22. The van der Waals surface area contributed by atoms with Crippen LogP contribution >= 0.6 is 0 Å². The fourth-order valence-electron chi connectivity index (χ4n) is 0. The first-order chi connectivity index (χ1) is 4.15. The van der Waals surface area contributed by atoms with Gasteiger partial charge in [-0.2, -0.15) is 0 Å². The van der Waals surface area contributed by atoms with Gasteiger partial charge in [-0.3, -0.25) is 11.7 Å². The fourth-order valence-corrected chi connectivity index (χ4v) is 0. The molecule has 58 valence electrons. The molecule has 0 bridgehead atoms. The van der Waals surface area contributed by atoms with Crippen LogP contribution in [0.25, 0.3) is 0 Å². The van der Waals surface area contributed by atoms with E-state index in [4.69, 9.17) is 5.11 Å². The molecule has 0 aromatic carbocycles. The van der Waals surface area contributed by atoms with Crippen molar-refractivity contribution in [3.8, 4) is 0 Å². The van der Waals surface area contributed by atoms with Crippen molar-refractivity contribution in [1.29, 1.82) is 0 Å². The molecular formula is C5H16N2O2. The van der Waals surface area contributed by atoms with Gasteiger partial charge in [0.15, 0.2) is 0 Å². The molecule has 4 nitrogen and oxygen atoms in total. The summed E-state index contributed by atoms with van der Waals surface area (Å²) in [7, 11) is 0. The summed E-state index contributed by atoms with van der Waals surface area (Å²) >= 11 is 0. The second kappa shape index (κ2) is 25.7. The van der Waals surface area contributed by atoms with E-state index in [1.165, 1.54) is 13.8 Å². The zero-order chi connectivity index (χ0) is 8.28. The molecule has 0 radical (unpaired) electrons. The minimum absolute atomic E-state index is 0.167. The summed E-state index contributed by atoms with van der Waals surface area (Å²) in [5.41, 5.74) is 0. The van der Waals surface area contributed by atoms with Crippen molar-refractivity contribution >= 4 is 5.78 Å². The molecule has 5 N–H and O–H groups in total. The van der Waals surface area contributed by atoms with Gasteiger partial charge in [-0.25, -0.2) is 0 Å². The Morgan fingerprint density at radius 2 is 1.44 bits per heavy atom. The van der Waals surface area contributed by atoms with Crippen LogP contribution in [0.3, 0.4) is 0 Å². The molecule has 0 aliphatic heterocycles. The van der Waals surface area contributed by atoms with Gasteiger partial charge < -0.3 is 9.90 Å². The number of hydrogen-bond acceptors (Lipinski definition) is 4. The molecule has 0 saturated carbocycles. The Bertz CT molecular complexity index is 44.2. The molecule has 0 fully saturated rings. The summed E-state index contributed by atoms with van der Waals surface area (Å²) in [6, 6.07) is 0. The van der Waals surface area contributed by atoms with Crippen LogP contribution in [0.15, 0.2) is 0 Å². The molecule has 0 heterocycles. The third kappa shape index (κ3) is 1150. The minimum Gasteiger partial charge on any atom is -0.397 e. The normalized spacial score (nSPS) is 5.56. The minimum atomic E-state index is 0.167. The lowest BCUT2D eigenvalue weighted by molar-refractivity contribution is -0.114. The van der Waals surface area contributed by atoms with Crippen molar-refractivity contribution in [3.63, 3.8) is 0 Å². The standard InChI is InChI=1S/C3H6O.C2H6O.H4N2/c1-3(2)4;1-2-3;1-2/h1-2H3;3H,2H2,1H3;1-2H2. The second-order valence-corrected chi connectivity index (χ2v) is 1.22. The first-order valence-electron chi connectivity index (χ1n) is 2.56. The molecule has 0 saturated heterocycles. The molecule has 0 unspecified atom stereocenters. The van der Waals surface area contributed by atoms with Crippen molar-refractivity contribution in [2.24, 2.45) is 11.7 Å². The molecule has 4 heteroatoms. The maximum atomic E-state index is 9.44. The van der Waals surface area contributed by atoms with Crippen LogP contribution in [0.2, 0.25) is 0 Å². The lowest BCUT2D eigenvalue weighted by Crippen LogP contribution is -2.02. The van der Waals surface area contributed by atoms with Gasteiger partial charge >= 0.3 is 0 Å². The van der Waals surface area contributed by atoms with E-state index in [1.807, 2.05) is 0 Å². The monoisotopic (exact) mass is 136 g/mol. The smallest absolute Gasteiger partial charge is 0.126 e. The highest BCUT2D eigenvalue weighted by Gasteiger charge is 1.62. The molecule has 9 heavy (non-hydrogen) atoms. The van der Waals surface area contributed by atoms with E-state index in [9.17, 15) is 4.79 Å². The number of rotatable bonds is 0. The SMILES string of the molecule is CC(C)=O.CCO.NN. The van der Waals surface area contributed by atoms with Crippen molar-refractivity contribution in [3.05, 3.63) is 0 Å². The fraction of sp³-hybridized carbons (Fsp3) is 0.800. The van der Waals surface area contributed by atoms with Crippen LogP contribution in [0.5, 0.6) is 0 Å². The summed E-state index contributed by atoms with van der Waals surface area (Å²) in [4.78, 5) is 9.44. The maximum absolute atomic E-state index is 9.44. The lowest BCUT2D eigenvalue weighted by atomic mass is 10.6. The highest BCUT2D eigenvalue weighted by Crippen LogP contribution is 1.50. The van der Waals surface area contributed by atoms with E-state index in [2.05, 4.69) is 11.7 Å². The van der Waals surface area contributed by atoms with Crippen LogP contribution in [0, 0.1) is 0 Å². The van der Waals surface area contributed by atoms with Crippen LogP contribution in [0.4, 0.5) is 0 Å². The number of hydrazine groups is 1. The Balaban J connectivity index is -0.0000000646. The van der Waals surface area contributed by atoms with Crippen LogP contribution in [0.1, 0.15) is 20.8 Å². The van der Waals surface area contributed by atoms with E-state index < -0.39 is 0 Å². The van der Waals surface area contributed by atoms with E-state index in [0.717, 1.165) is 0 Å². The number of Topliss-reactive ketones (excluding diaryl/α,β-unsaturated/α-hetero) is 1. The molecule has 0 aromatic rings. The Hall–Kier alpha value is -0.450. The van der Waals surface area contributed by atoms with Gasteiger partial charge in [0.2, 0.25) is 0 Å². The average molecular weight is 136 g/mol. The molecule has 0 rings (SSSR count). The molecule has 0 amide bonds. The van der Waals surface area contributed by atoms with Crippen LogP contribution < -0.4 is 11.7 Å². The van der Waals surface area contributed by atoms with Crippen LogP contribution in [-0.4, -0.2) is 17.5 Å². The van der Waals surface area contributed by atoms with E-state index >= 15 is 0 Å². The van der Waals surface area contributed by atoms with E-state index in [1.54, 1.807) is 6.92 Å². The zero-order valence-electron chi connectivity index (χ0n) is 6.22. The van der Waals surface area contributed by atoms with E-state index in [0.29, 0.717) is 0 Å². The number of aliphatic hydroxyl groups is 1. The Morgan fingerprint density at radius 3 is 1.44 bits per heavy atom. The van der Waals surface area contributed by atoms with Gasteiger partial charge in [-0.05, 0) is 20.8 Å². The quantitative estimate of drug-likeness (QED) is 0.307. The van der Waals surface area contributed by atoms with Crippen molar-refractivity contribution in [2.75, 3.05) is 6.61 Å². The summed E-state index contributed by atoms with van der Waals surface area (Å²) in [6.07, 6.45) is 0. The lowest BCUT2D eigenvalue weighted by Gasteiger charge is -1.56. The second-order valence-electron chi connectivity index (χ2n) is 1.22. The molecule has 0 aliphatic carbocycles. The Morgan fingerprint density at radius 1 is 1.44 bits per heavy atom. The van der Waals surface area contributed by atoms with Gasteiger partial charge in [-0.1, -0.05) is 0 Å². The summed E-state index contributed by atoms with van der Waals surface area (Å²) in [6.45, 7) is 4.99. The Labute approximate surface area is 55.8 Å². The molecule has 0 aliphatic rings. The number of carbonyl (C=O) groups is 1. The number of aliphatic hydroxyl groups excluding tert-OH is 1. The predicted molar refractivity (Wildman–Crippen MR) is 37.5 cm³/mol. The average Bonchev–Trinajstić information content (AvgIpc) is 1.71. The molecular weight excluding hydrogens is 120 g/mol. The summed E-state index contributed by atoms with van der Waals surface area (Å²) in [5, 5.41) is 7.57.